The van der Waals surface area contributed by atoms with Crippen molar-refractivity contribution in [2.45, 2.75) is 32.2 Å². The van der Waals surface area contributed by atoms with Gasteiger partial charge in [-0.2, -0.15) is 0 Å². The molecule has 6 heteroatoms. The van der Waals surface area contributed by atoms with Gasteiger partial charge in [0.15, 0.2) is 0 Å². The van der Waals surface area contributed by atoms with Crippen LogP contribution in [0.3, 0.4) is 0 Å². The lowest BCUT2D eigenvalue weighted by Crippen LogP contribution is -2.45. The molecule has 1 fully saturated rings. The van der Waals surface area contributed by atoms with Crippen molar-refractivity contribution in [1.82, 2.24) is 10.2 Å². The predicted octanol–water partition coefficient (Wildman–Crippen LogP) is 4.38. The molecule has 1 atom stereocenters. The van der Waals surface area contributed by atoms with Gasteiger partial charge in [-0.15, -0.1) is 36.2 Å². The molecule has 0 bridgehead atoms. The Morgan fingerprint density at radius 3 is 2.58 bits per heavy atom. The minimum absolute atomic E-state index is 0. The van der Waals surface area contributed by atoms with E-state index in [0.717, 1.165) is 31.2 Å². The summed E-state index contributed by atoms with van der Waals surface area (Å²) < 4.78 is 0. The number of thiophene rings is 1. The third kappa shape index (κ3) is 5.41. The van der Waals surface area contributed by atoms with Gasteiger partial charge in [0.05, 0.1) is 5.02 Å². The van der Waals surface area contributed by atoms with E-state index in [4.69, 9.17) is 11.6 Å². The summed E-state index contributed by atoms with van der Waals surface area (Å²) in [7, 11) is 0. The van der Waals surface area contributed by atoms with E-state index in [0.29, 0.717) is 6.04 Å². The molecule has 0 aromatic carbocycles. The second-order valence-electron chi connectivity index (χ2n) is 4.58. The molecular formula is C13H23Cl3N2S. The van der Waals surface area contributed by atoms with Gasteiger partial charge >= 0.3 is 0 Å². The average Bonchev–Trinajstić information content (AvgIpc) is 2.78. The highest BCUT2D eigenvalue weighted by molar-refractivity contribution is 7.10. The van der Waals surface area contributed by atoms with Crippen molar-refractivity contribution in [1.29, 1.82) is 0 Å². The number of hydrogen-bond acceptors (Lipinski definition) is 3. The van der Waals surface area contributed by atoms with E-state index in [1.54, 1.807) is 0 Å². The summed E-state index contributed by atoms with van der Waals surface area (Å²) in [6.07, 6.45) is 3.77. The lowest BCUT2D eigenvalue weighted by Gasteiger charge is -2.34. The molecule has 0 saturated carbocycles. The number of halogens is 3. The van der Waals surface area contributed by atoms with Crippen LogP contribution in [0.25, 0.3) is 0 Å². The van der Waals surface area contributed by atoms with Gasteiger partial charge in [-0.05, 0) is 17.9 Å². The topological polar surface area (TPSA) is 15.3 Å². The molecule has 1 N–H and O–H groups in total. The van der Waals surface area contributed by atoms with Gasteiger partial charge in [0.2, 0.25) is 0 Å². The first-order valence-electron chi connectivity index (χ1n) is 6.50. The maximum atomic E-state index is 6.30. The van der Waals surface area contributed by atoms with Crippen LogP contribution in [0.15, 0.2) is 11.4 Å². The molecule has 112 valence electrons. The van der Waals surface area contributed by atoms with Crippen LogP contribution < -0.4 is 5.32 Å². The van der Waals surface area contributed by atoms with Gasteiger partial charge in [-0.1, -0.05) is 31.4 Å². The Bertz CT molecular complexity index is 340. The zero-order valence-corrected chi connectivity index (χ0v) is 14.4. The Balaban J connectivity index is 0.00000162. The Morgan fingerprint density at radius 1 is 1.37 bits per heavy atom. The molecule has 2 heterocycles. The summed E-state index contributed by atoms with van der Waals surface area (Å²) in [4.78, 5) is 3.95. The van der Waals surface area contributed by atoms with E-state index in [2.05, 4.69) is 22.5 Å². The Morgan fingerprint density at radius 2 is 2.05 bits per heavy atom. The van der Waals surface area contributed by atoms with Gasteiger partial charge in [0, 0.05) is 37.1 Å². The fraction of sp³-hybridized carbons (Fsp3) is 0.692. The van der Waals surface area contributed by atoms with Gasteiger partial charge in [0.25, 0.3) is 0 Å². The first kappa shape index (κ1) is 19.5. The van der Waals surface area contributed by atoms with Gasteiger partial charge in [-0.3, -0.25) is 4.90 Å². The van der Waals surface area contributed by atoms with Crippen LogP contribution in [0.4, 0.5) is 0 Å². The van der Waals surface area contributed by atoms with Crippen LogP contribution in [0.5, 0.6) is 0 Å². The van der Waals surface area contributed by atoms with Gasteiger partial charge in [0.1, 0.15) is 0 Å². The van der Waals surface area contributed by atoms with Gasteiger partial charge < -0.3 is 5.32 Å². The highest BCUT2D eigenvalue weighted by Crippen LogP contribution is 2.35. The molecule has 2 rings (SSSR count). The fourth-order valence-electron chi connectivity index (χ4n) is 2.41. The third-order valence-electron chi connectivity index (χ3n) is 3.37. The summed E-state index contributed by atoms with van der Waals surface area (Å²) in [6.45, 7) is 6.74. The molecule has 0 amide bonds. The average molecular weight is 346 g/mol. The minimum Gasteiger partial charge on any atom is -0.314 e. The lowest BCUT2D eigenvalue weighted by molar-refractivity contribution is 0.165. The Kier molecular flexibility index (Phi) is 10.5. The van der Waals surface area contributed by atoms with Crippen molar-refractivity contribution >= 4 is 47.8 Å². The van der Waals surface area contributed by atoms with E-state index in [1.165, 1.54) is 24.1 Å². The smallest absolute Gasteiger partial charge is 0.0561 e. The van der Waals surface area contributed by atoms with Crippen molar-refractivity contribution in [2.75, 3.05) is 26.2 Å². The van der Waals surface area contributed by atoms with Crippen LogP contribution >= 0.6 is 47.8 Å². The summed E-state index contributed by atoms with van der Waals surface area (Å²) >= 11 is 8.11. The van der Waals surface area contributed by atoms with E-state index in [-0.39, 0.29) is 24.8 Å². The zero-order valence-electron chi connectivity index (χ0n) is 11.2. The summed E-state index contributed by atoms with van der Waals surface area (Å²) in [5.41, 5.74) is 0. The summed E-state index contributed by atoms with van der Waals surface area (Å²) in [5, 5.41) is 6.48. The molecule has 1 saturated heterocycles. The van der Waals surface area contributed by atoms with Crippen molar-refractivity contribution in [2.24, 2.45) is 0 Å². The Labute approximate surface area is 137 Å². The van der Waals surface area contributed by atoms with E-state index in [1.807, 2.05) is 17.4 Å². The fourth-order valence-corrected chi connectivity index (χ4v) is 3.77. The molecule has 0 unspecified atom stereocenters. The van der Waals surface area contributed by atoms with Crippen molar-refractivity contribution in [3.05, 3.63) is 21.3 Å². The largest absolute Gasteiger partial charge is 0.314 e. The van der Waals surface area contributed by atoms with Crippen LogP contribution in [0.2, 0.25) is 5.02 Å². The second-order valence-corrected chi connectivity index (χ2v) is 5.93. The third-order valence-corrected chi connectivity index (χ3v) is 4.83. The van der Waals surface area contributed by atoms with Crippen molar-refractivity contribution in [3.8, 4) is 0 Å². The first-order chi connectivity index (χ1) is 8.33. The molecular weight excluding hydrogens is 323 g/mol. The number of nitrogens with zero attached hydrogens (tertiary/aromatic N) is 1. The first-order valence-corrected chi connectivity index (χ1v) is 7.76. The van der Waals surface area contributed by atoms with Crippen molar-refractivity contribution < 1.29 is 0 Å². The maximum absolute atomic E-state index is 6.30. The number of unbranched alkanes of at least 4 members (excludes halogenated alkanes) is 1. The molecule has 0 radical (unpaired) electrons. The zero-order chi connectivity index (χ0) is 12.1. The van der Waals surface area contributed by atoms with Gasteiger partial charge in [-0.25, -0.2) is 0 Å². The molecule has 2 nitrogen and oxygen atoms in total. The molecule has 1 aromatic rings. The van der Waals surface area contributed by atoms with E-state index >= 15 is 0 Å². The molecule has 0 spiro atoms. The number of rotatable bonds is 5. The monoisotopic (exact) mass is 344 g/mol. The molecule has 1 aliphatic rings. The SMILES string of the molecule is CCCC[C@@H](c1sccc1Cl)N1CCNCC1.Cl.Cl. The van der Waals surface area contributed by atoms with Crippen LogP contribution in [0, 0.1) is 0 Å². The predicted molar refractivity (Wildman–Crippen MR) is 90.5 cm³/mol. The number of piperazine rings is 1. The highest BCUT2D eigenvalue weighted by Gasteiger charge is 2.24. The number of hydrogen-bond donors (Lipinski definition) is 1. The molecule has 0 aliphatic carbocycles. The molecule has 1 aromatic heterocycles. The Hall–Kier alpha value is 0.490. The minimum atomic E-state index is 0. The molecule has 1 aliphatic heterocycles. The molecule has 19 heavy (non-hydrogen) atoms. The van der Waals surface area contributed by atoms with Crippen molar-refractivity contribution in [3.63, 3.8) is 0 Å². The summed E-state index contributed by atoms with van der Waals surface area (Å²) in [5.74, 6) is 0. The normalized spacial score (nSPS) is 17.4. The van der Waals surface area contributed by atoms with Crippen LogP contribution in [-0.4, -0.2) is 31.1 Å². The second kappa shape index (κ2) is 10.3. The maximum Gasteiger partial charge on any atom is 0.0561 e. The summed E-state index contributed by atoms with van der Waals surface area (Å²) in [6, 6.07) is 2.56. The number of nitrogens with one attached hydrogen (secondary N) is 1. The lowest BCUT2D eigenvalue weighted by atomic mass is 10.1. The quantitative estimate of drug-likeness (QED) is 0.852. The van der Waals surface area contributed by atoms with E-state index in [9.17, 15) is 0 Å². The van der Waals surface area contributed by atoms with Crippen LogP contribution in [-0.2, 0) is 0 Å². The highest BCUT2D eigenvalue weighted by atomic mass is 35.5. The van der Waals surface area contributed by atoms with E-state index < -0.39 is 0 Å². The van der Waals surface area contributed by atoms with Crippen LogP contribution in [0.1, 0.15) is 37.1 Å². The standard InChI is InChI=1S/C13H21ClN2S.2ClH/c1-2-3-4-12(13-11(14)5-10-17-13)16-8-6-15-7-9-16;;/h5,10,12,15H,2-4,6-9H2,1H3;2*1H/t12-;;/m0../s1.